The number of alkyl halides is 2. The fourth-order valence-corrected chi connectivity index (χ4v) is 3.71. The number of imidazole rings is 1. The normalized spacial score (nSPS) is 12.8. The highest BCUT2D eigenvalue weighted by Gasteiger charge is 2.23. The minimum atomic E-state index is -2.75. The number of halogens is 4. The molecular weight excluding hydrogens is 394 g/mol. The minimum absolute atomic E-state index is 0.176. The summed E-state index contributed by atoms with van der Waals surface area (Å²) in [6, 6.07) is 9.65. The smallest absolute Gasteiger partial charge is 0.269 e. The van der Waals surface area contributed by atoms with Gasteiger partial charge in [0.2, 0.25) is 5.16 Å². The second-order valence-corrected chi connectivity index (χ2v) is 7.30. The molecule has 4 rings (SSSR count). The van der Waals surface area contributed by atoms with Gasteiger partial charge >= 0.3 is 6.55 Å². The molecule has 0 aliphatic carbocycles. The number of hydrogen-bond donors (Lipinski definition) is 1. The first kappa shape index (κ1) is 18.5. The Morgan fingerprint density at radius 2 is 1.75 bits per heavy atom. The van der Waals surface area contributed by atoms with Crippen LogP contribution in [0.15, 0.2) is 47.6 Å². The van der Waals surface area contributed by atoms with Crippen molar-refractivity contribution in [3.8, 4) is 11.4 Å². The summed E-state index contributed by atoms with van der Waals surface area (Å²) in [5.74, 6) is -1.11. The maximum absolute atomic E-state index is 13.6. The molecule has 5 nitrogen and oxygen atoms in total. The lowest BCUT2D eigenvalue weighted by Crippen LogP contribution is -2.06. The summed E-state index contributed by atoms with van der Waals surface area (Å²) in [4.78, 5) is 8.51. The number of aromatic nitrogens is 5. The average Bonchev–Trinajstić information content (AvgIpc) is 3.25. The number of hydrogen-bond acceptors (Lipinski definition) is 4. The van der Waals surface area contributed by atoms with Crippen molar-refractivity contribution in [2.24, 2.45) is 0 Å². The van der Waals surface area contributed by atoms with Crippen molar-refractivity contribution in [1.82, 2.24) is 24.7 Å². The van der Waals surface area contributed by atoms with Gasteiger partial charge in [0.05, 0.1) is 16.3 Å². The van der Waals surface area contributed by atoms with Gasteiger partial charge in [0.1, 0.15) is 17.5 Å². The molecule has 0 saturated heterocycles. The highest BCUT2D eigenvalue weighted by Crippen LogP contribution is 2.36. The second kappa shape index (κ2) is 7.27. The number of para-hydroxylation sites is 2. The molecule has 0 radical (unpaired) electrons. The Bertz CT molecular complexity index is 1120. The van der Waals surface area contributed by atoms with Crippen LogP contribution in [-0.2, 0) is 0 Å². The van der Waals surface area contributed by atoms with Crippen molar-refractivity contribution in [1.29, 1.82) is 0 Å². The third kappa shape index (κ3) is 3.47. The molecule has 0 bridgehead atoms. The molecule has 2 aromatic carbocycles. The van der Waals surface area contributed by atoms with Gasteiger partial charge in [-0.15, -0.1) is 5.10 Å². The van der Waals surface area contributed by atoms with Gasteiger partial charge < -0.3 is 0 Å². The van der Waals surface area contributed by atoms with E-state index in [1.54, 1.807) is 31.2 Å². The summed E-state index contributed by atoms with van der Waals surface area (Å²) in [5, 5.41) is 6.37. The number of aromatic amines is 1. The summed E-state index contributed by atoms with van der Waals surface area (Å²) in [6.07, 6.45) is 0. The van der Waals surface area contributed by atoms with E-state index in [0.29, 0.717) is 11.0 Å². The van der Waals surface area contributed by atoms with E-state index in [4.69, 9.17) is 0 Å². The Balaban J connectivity index is 1.63. The summed E-state index contributed by atoms with van der Waals surface area (Å²) in [7, 11) is 0. The molecule has 0 aliphatic rings. The van der Waals surface area contributed by atoms with Crippen LogP contribution in [0.4, 0.5) is 17.6 Å². The number of thioether (sulfide) groups is 1. The zero-order valence-corrected chi connectivity index (χ0v) is 15.2. The van der Waals surface area contributed by atoms with Gasteiger partial charge in [-0.2, -0.15) is 8.78 Å². The lowest BCUT2D eigenvalue weighted by Gasteiger charge is -2.12. The summed E-state index contributed by atoms with van der Waals surface area (Å²) >= 11 is 1.11. The summed E-state index contributed by atoms with van der Waals surface area (Å²) < 4.78 is 54.8. The molecule has 0 spiro atoms. The van der Waals surface area contributed by atoms with E-state index < -0.39 is 23.4 Å². The number of nitrogens with one attached hydrogen (secondary N) is 1. The Labute approximate surface area is 160 Å². The minimum Gasteiger partial charge on any atom is -0.269 e. The lowest BCUT2D eigenvalue weighted by molar-refractivity contribution is 0.0715. The van der Waals surface area contributed by atoms with Gasteiger partial charge in [-0.1, -0.05) is 23.9 Å². The number of fused-ring (bicyclic) bond motifs is 1. The van der Waals surface area contributed by atoms with Gasteiger partial charge in [0.15, 0.2) is 5.82 Å². The highest BCUT2D eigenvalue weighted by molar-refractivity contribution is 7.99. The second-order valence-electron chi connectivity index (χ2n) is 5.99. The number of benzene rings is 2. The highest BCUT2D eigenvalue weighted by atomic mass is 32.2. The van der Waals surface area contributed by atoms with E-state index in [0.717, 1.165) is 34.5 Å². The lowest BCUT2D eigenvalue weighted by atomic mass is 10.2. The van der Waals surface area contributed by atoms with E-state index in [2.05, 4.69) is 20.2 Å². The van der Waals surface area contributed by atoms with Gasteiger partial charge in [-0.3, -0.25) is 9.67 Å². The Kier molecular flexibility index (Phi) is 4.80. The van der Waals surface area contributed by atoms with E-state index in [9.17, 15) is 17.6 Å². The molecule has 0 aliphatic heterocycles. The van der Waals surface area contributed by atoms with Crippen molar-refractivity contribution in [2.45, 2.75) is 23.9 Å². The van der Waals surface area contributed by atoms with Crippen molar-refractivity contribution in [2.75, 3.05) is 0 Å². The molecule has 0 amide bonds. The molecular formula is C18H13F4N5S. The molecule has 28 heavy (non-hydrogen) atoms. The van der Waals surface area contributed by atoms with Crippen LogP contribution in [0, 0.1) is 11.6 Å². The van der Waals surface area contributed by atoms with Crippen LogP contribution in [0.1, 0.15) is 24.5 Å². The average molecular weight is 407 g/mol. The molecule has 2 aromatic heterocycles. The Morgan fingerprint density at radius 3 is 2.46 bits per heavy atom. The van der Waals surface area contributed by atoms with Gasteiger partial charge in [-0.05, 0) is 31.2 Å². The van der Waals surface area contributed by atoms with Gasteiger partial charge in [0.25, 0.3) is 0 Å². The molecule has 1 unspecified atom stereocenters. The molecule has 1 atom stereocenters. The predicted octanol–water partition coefficient (Wildman–Crippen LogP) is 5.35. The molecule has 0 saturated carbocycles. The molecule has 2 heterocycles. The molecule has 4 aromatic rings. The fourth-order valence-electron chi connectivity index (χ4n) is 2.88. The van der Waals surface area contributed by atoms with Crippen LogP contribution >= 0.6 is 11.8 Å². The standard InChI is InChI=1S/C18H13F4N5S/c1-9(16-23-13-4-2-3-5-14(13)27(16)17(21)22)28-18-24-15(25-26-18)10-6-11(19)8-12(20)7-10/h2-9,17H,1H3,(H,24,25,26). The van der Waals surface area contributed by atoms with E-state index in [1.807, 2.05) is 0 Å². The topological polar surface area (TPSA) is 59.4 Å². The van der Waals surface area contributed by atoms with Crippen molar-refractivity contribution in [3.05, 3.63) is 59.9 Å². The summed E-state index contributed by atoms with van der Waals surface area (Å²) in [5.41, 5.74) is 1.01. The first-order chi connectivity index (χ1) is 13.4. The fraction of sp³-hybridized carbons (Fsp3) is 0.167. The molecule has 144 valence electrons. The predicted molar refractivity (Wildman–Crippen MR) is 97.0 cm³/mol. The van der Waals surface area contributed by atoms with E-state index in [-0.39, 0.29) is 22.4 Å². The van der Waals surface area contributed by atoms with Crippen molar-refractivity contribution in [3.63, 3.8) is 0 Å². The molecule has 1 N–H and O–H groups in total. The van der Waals surface area contributed by atoms with Crippen LogP contribution in [0.2, 0.25) is 0 Å². The summed E-state index contributed by atoms with van der Waals surface area (Å²) in [6.45, 7) is -1.04. The van der Waals surface area contributed by atoms with Crippen molar-refractivity contribution >= 4 is 22.8 Å². The largest absolute Gasteiger partial charge is 0.320 e. The first-order valence-electron chi connectivity index (χ1n) is 8.23. The zero-order chi connectivity index (χ0) is 19.8. The van der Waals surface area contributed by atoms with E-state index in [1.165, 1.54) is 0 Å². The maximum atomic E-state index is 13.6. The number of H-pyrrole nitrogens is 1. The quantitative estimate of drug-likeness (QED) is 0.358. The van der Waals surface area contributed by atoms with Crippen LogP contribution in [0.3, 0.4) is 0 Å². The van der Waals surface area contributed by atoms with E-state index >= 15 is 0 Å². The third-order valence-electron chi connectivity index (χ3n) is 4.06. The Hall–Kier alpha value is -2.88. The third-order valence-corrected chi connectivity index (χ3v) is 5.02. The van der Waals surface area contributed by atoms with Crippen LogP contribution in [0.5, 0.6) is 0 Å². The number of nitrogens with zero attached hydrogens (tertiary/aromatic N) is 4. The Morgan fingerprint density at radius 1 is 1.04 bits per heavy atom. The number of rotatable bonds is 5. The monoisotopic (exact) mass is 407 g/mol. The van der Waals surface area contributed by atoms with Gasteiger partial charge in [0, 0.05) is 11.6 Å². The SMILES string of the molecule is CC(Sc1n[nH]c(-c2cc(F)cc(F)c2)n1)c1nc2ccccc2n1C(F)F. The maximum Gasteiger partial charge on any atom is 0.320 e. The van der Waals surface area contributed by atoms with Gasteiger partial charge in [-0.25, -0.2) is 18.7 Å². The van der Waals surface area contributed by atoms with Crippen LogP contribution < -0.4 is 0 Å². The first-order valence-corrected chi connectivity index (χ1v) is 9.11. The van der Waals surface area contributed by atoms with Crippen LogP contribution in [0.25, 0.3) is 22.4 Å². The van der Waals surface area contributed by atoms with Crippen molar-refractivity contribution < 1.29 is 17.6 Å². The van der Waals surface area contributed by atoms with Crippen LogP contribution in [-0.4, -0.2) is 24.7 Å². The molecule has 10 heteroatoms. The zero-order valence-electron chi connectivity index (χ0n) is 14.4. The molecule has 0 fully saturated rings.